The Labute approximate surface area is 126 Å². The Morgan fingerprint density at radius 1 is 1.50 bits per heavy atom. The quantitative estimate of drug-likeness (QED) is 0.841. The standard InChI is InChI=1S/C15H26ClN3O/c1-4-17-12(9-13-7-6-8-20-13)10-14-15(16)11(3)18-19(14)5-2/h12-13,17H,4-10H2,1-3H3. The van der Waals surface area contributed by atoms with E-state index in [0.29, 0.717) is 12.1 Å². The first-order valence-electron chi connectivity index (χ1n) is 7.72. The molecule has 114 valence electrons. The van der Waals surface area contributed by atoms with Crippen LogP contribution in [0.25, 0.3) is 0 Å². The largest absolute Gasteiger partial charge is 0.378 e. The van der Waals surface area contributed by atoms with Crippen LogP contribution in [0, 0.1) is 6.92 Å². The fraction of sp³-hybridized carbons (Fsp3) is 0.800. The van der Waals surface area contributed by atoms with E-state index in [-0.39, 0.29) is 0 Å². The molecule has 2 rings (SSSR count). The Kier molecular flexibility index (Phi) is 5.87. The second-order valence-electron chi connectivity index (χ2n) is 5.49. The number of hydrogen-bond acceptors (Lipinski definition) is 3. The van der Waals surface area contributed by atoms with Crippen LogP contribution in [-0.4, -0.2) is 35.1 Å². The summed E-state index contributed by atoms with van der Waals surface area (Å²) < 4.78 is 7.79. The van der Waals surface area contributed by atoms with Crippen LogP contribution >= 0.6 is 11.6 Å². The van der Waals surface area contributed by atoms with Crippen molar-refractivity contribution in [3.05, 3.63) is 16.4 Å². The minimum absolute atomic E-state index is 0.400. The minimum Gasteiger partial charge on any atom is -0.378 e. The van der Waals surface area contributed by atoms with E-state index in [4.69, 9.17) is 16.3 Å². The molecule has 2 unspecified atom stereocenters. The highest BCUT2D eigenvalue weighted by Crippen LogP contribution is 2.24. The third-order valence-electron chi connectivity index (χ3n) is 3.96. The molecule has 5 heteroatoms. The van der Waals surface area contributed by atoms with Gasteiger partial charge in [-0.15, -0.1) is 0 Å². The van der Waals surface area contributed by atoms with Crippen molar-refractivity contribution in [3.63, 3.8) is 0 Å². The van der Waals surface area contributed by atoms with E-state index in [2.05, 4.69) is 24.3 Å². The molecule has 1 aliphatic rings. The summed E-state index contributed by atoms with van der Waals surface area (Å²) in [6.07, 6.45) is 4.74. The lowest BCUT2D eigenvalue weighted by molar-refractivity contribution is 0.0945. The highest BCUT2D eigenvalue weighted by Gasteiger charge is 2.23. The van der Waals surface area contributed by atoms with Gasteiger partial charge in [0.15, 0.2) is 0 Å². The zero-order valence-corrected chi connectivity index (χ0v) is 13.5. The van der Waals surface area contributed by atoms with Crippen molar-refractivity contribution < 1.29 is 4.74 Å². The predicted octanol–water partition coefficient (Wildman–Crippen LogP) is 2.95. The van der Waals surface area contributed by atoms with Crippen molar-refractivity contribution in [2.24, 2.45) is 0 Å². The van der Waals surface area contributed by atoms with Crippen molar-refractivity contribution in [2.45, 2.75) is 65.1 Å². The summed E-state index contributed by atoms with van der Waals surface area (Å²) in [6, 6.07) is 0.405. The number of aryl methyl sites for hydroxylation is 2. The number of nitrogens with zero attached hydrogens (tertiary/aromatic N) is 2. The molecular weight excluding hydrogens is 274 g/mol. The zero-order chi connectivity index (χ0) is 14.5. The van der Waals surface area contributed by atoms with Gasteiger partial charge in [-0.05, 0) is 39.7 Å². The van der Waals surface area contributed by atoms with Gasteiger partial charge in [-0.25, -0.2) is 0 Å². The molecule has 1 fully saturated rings. The molecule has 0 aromatic carbocycles. The molecule has 0 radical (unpaired) electrons. The molecule has 1 aliphatic heterocycles. The summed E-state index contributed by atoms with van der Waals surface area (Å²) in [5.41, 5.74) is 2.08. The van der Waals surface area contributed by atoms with Gasteiger partial charge in [0.05, 0.1) is 22.5 Å². The van der Waals surface area contributed by atoms with Crippen LogP contribution in [0.1, 0.15) is 44.5 Å². The number of nitrogens with one attached hydrogen (secondary N) is 1. The SMILES string of the molecule is CCNC(Cc1c(Cl)c(C)nn1CC)CC1CCCO1. The topological polar surface area (TPSA) is 39.1 Å². The molecule has 1 aromatic heterocycles. The molecule has 2 atom stereocenters. The van der Waals surface area contributed by atoms with Gasteiger partial charge < -0.3 is 10.1 Å². The van der Waals surface area contributed by atoms with Crippen LogP contribution in [0.5, 0.6) is 0 Å². The molecule has 1 saturated heterocycles. The summed E-state index contributed by atoms with van der Waals surface area (Å²) in [6.45, 7) is 8.97. The smallest absolute Gasteiger partial charge is 0.0847 e. The van der Waals surface area contributed by atoms with Crippen LogP contribution in [0.15, 0.2) is 0 Å². The molecule has 0 amide bonds. The average Bonchev–Trinajstić information content (AvgIpc) is 3.02. The molecule has 0 saturated carbocycles. The lowest BCUT2D eigenvalue weighted by Gasteiger charge is -2.21. The maximum atomic E-state index is 6.41. The monoisotopic (exact) mass is 299 g/mol. The third kappa shape index (κ3) is 3.74. The Bertz CT molecular complexity index is 427. The summed E-state index contributed by atoms with van der Waals surface area (Å²) in [5.74, 6) is 0. The minimum atomic E-state index is 0.400. The van der Waals surface area contributed by atoms with Gasteiger partial charge in [-0.3, -0.25) is 4.68 Å². The number of likely N-dealkylation sites (N-methyl/N-ethyl adjacent to an activating group) is 1. The molecule has 20 heavy (non-hydrogen) atoms. The first-order chi connectivity index (χ1) is 9.65. The number of halogens is 1. The average molecular weight is 300 g/mol. The fourth-order valence-corrected chi connectivity index (χ4v) is 3.18. The highest BCUT2D eigenvalue weighted by atomic mass is 35.5. The van der Waals surface area contributed by atoms with Gasteiger partial charge >= 0.3 is 0 Å². The number of ether oxygens (including phenoxy) is 1. The van der Waals surface area contributed by atoms with Crippen molar-refractivity contribution in [1.29, 1.82) is 0 Å². The molecule has 4 nitrogen and oxygen atoms in total. The molecule has 2 heterocycles. The van der Waals surface area contributed by atoms with Gasteiger partial charge in [0.25, 0.3) is 0 Å². The molecular formula is C15H26ClN3O. The normalized spacial score (nSPS) is 20.5. The van der Waals surface area contributed by atoms with Crippen molar-refractivity contribution >= 4 is 11.6 Å². The van der Waals surface area contributed by atoms with Crippen molar-refractivity contribution in [2.75, 3.05) is 13.2 Å². The lowest BCUT2D eigenvalue weighted by Crippen LogP contribution is -2.35. The molecule has 0 spiro atoms. The van der Waals surface area contributed by atoms with E-state index in [1.165, 1.54) is 12.8 Å². The third-order valence-corrected chi connectivity index (χ3v) is 4.45. The van der Waals surface area contributed by atoms with Crippen molar-refractivity contribution in [1.82, 2.24) is 15.1 Å². The van der Waals surface area contributed by atoms with E-state index in [0.717, 1.165) is 48.9 Å². The Morgan fingerprint density at radius 2 is 2.30 bits per heavy atom. The Balaban J connectivity index is 2.06. The van der Waals surface area contributed by atoms with E-state index in [9.17, 15) is 0 Å². The second-order valence-corrected chi connectivity index (χ2v) is 5.87. The maximum absolute atomic E-state index is 6.41. The first kappa shape index (κ1) is 15.8. The van der Waals surface area contributed by atoms with Crippen LogP contribution in [0.4, 0.5) is 0 Å². The fourth-order valence-electron chi connectivity index (χ4n) is 2.97. The lowest BCUT2D eigenvalue weighted by atomic mass is 10.0. The predicted molar refractivity (Wildman–Crippen MR) is 82.4 cm³/mol. The van der Waals surface area contributed by atoms with E-state index >= 15 is 0 Å². The molecule has 0 aliphatic carbocycles. The number of rotatable bonds is 7. The van der Waals surface area contributed by atoms with Gasteiger partial charge in [-0.2, -0.15) is 5.10 Å². The highest BCUT2D eigenvalue weighted by molar-refractivity contribution is 6.31. The maximum Gasteiger partial charge on any atom is 0.0847 e. The van der Waals surface area contributed by atoms with Gasteiger partial charge in [-0.1, -0.05) is 18.5 Å². The summed E-state index contributed by atoms with van der Waals surface area (Å²) in [7, 11) is 0. The Hall–Kier alpha value is -0.580. The van der Waals surface area contributed by atoms with Gasteiger partial charge in [0, 0.05) is 25.6 Å². The van der Waals surface area contributed by atoms with E-state index < -0.39 is 0 Å². The van der Waals surface area contributed by atoms with Crippen molar-refractivity contribution in [3.8, 4) is 0 Å². The zero-order valence-electron chi connectivity index (χ0n) is 12.8. The second kappa shape index (κ2) is 7.43. The summed E-state index contributed by atoms with van der Waals surface area (Å²) >= 11 is 6.41. The van der Waals surface area contributed by atoms with E-state index in [1.54, 1.807) is 0 Å². The number of hydrogen-bond donors (Lipinski definition) is 1. The van der Waals surface area contributed by atoms with E-state index in [1.807, 2.05) is 11.6 Å². The molecule has 1 aromatic rings. The van der Waals surface area contributed by atoms with Crippen LogP contribution in [-0.2, 0) is 17.7 Å². The van der Waals surface area contributed by atoms with Crippen LogP contribution in [0.3, 0.4) is 0 Å². The molecule has 0 bridgehead atoms. The van der Waals surface area contributed by atoms with Gasteiger partial charge in [0.2, 0.25) is 0 Å². The summed E-state index contributed by atoms with van der Waals surface area (Å²) in [4.78, 5) is 0. The molecule has 1 N–H and O–H groups in total. The van der Waals surface area contributed by atoms with Crippen LogP contribution in [0.2, 0.25) is 5.02 Å². The first-order valence-corrected chi connectivity index (χ1v) is 8.10. The number of aromatic nitrogens is 2. The van der Waals surface area contributed by atoms with Gasteiger partial charge in [0.1, 0.15) is 0 Å². The Morgan fingerprint density at radius 3 is 2.90 bits per heavy atom. The van der Waals surface area contributed by atoms with Crippen LogP contribution < -0.4 is 5.32 Å². The summed E-state index contributed by atoms with van der Waals surface area (Å²) in [5, 5.41) is 8.89.